The summed E-state index contributed by atoms with van der Waals surface area (Å²) in [5, 5.41) is 9.70. The van der Waals surface area contributed by atoms with Gasteiger partial charge in [-0.3, -0.25) is 4.79 Å². The first-order chi connectivity index (χ1) is 8.62. The van der Waals surface area contributed by atoms with E-state index in [0.717, 1.165) is 0 Å². The zero-order valence-electron chi connectivity index (χ0n) is 10.1. The molecule has 98 valence electrons. The van der Waals surface area contributed by atoms with Gasteiger partial charge in [-0.25, -0.2) is 4.79 Å². The predicted molar refractivity (Wildman–Crippen MR) is 71.1 cm³/mol. The van der Waals surface area contributed by atoms with E-state index in [0.29, 0.717) is 28.4 Å². The average Bonchev–Trinajstić information content (AvgIpc) is 2.38. The van der Waals surface area contributed by atoms with Gasteiger partial charge in [-0.1, -0.05) is 15.9 Å². The van der Waals surface area contributed by atoms with Gasteiger partial charge in [0.2, 0.25) is 0 Å². The fraction of sp³-hybridized carbons (Fsp3) is 0.385. The summed E-state index contributed by atoms with van der Waals surface area (Å²) >= 11 is 3.19. The Morgan fingerprint density at radius 3 is 2.50 bits per heavy atom. The molecular weight excluding hydrogens is 300 g/mol. The van der Waals surface area contributed by atoms with Gasteiger partial charge in [-0.05, 0) is 30.7 Å². The number of alkyl halides is 1. The number of hydrogen-bond acceptors (Lipinski definition) is 4. The molecule has 0 spiro atoms. The third-order valence-corrected chi connectivity index (χ3v) is 2.73. The summed E-state index contributed by atoms with van der Waals surface area (Å²) in [6, 6.07) is 4.62. The molecule has 0 unspecified atom stereocenters. The standard InChI is InChI=1S/C13H15BrO4/c1-2-18-13(17)11-6-9(8-15)5-10(7-11)12(16)3-4-14/h5-7,15H,2-4,8H2,1H3. The van der Waals surface area contributed by atoms with Crippen LogP contribution in [0.2, 0.25) is 0 Å². The van der Waals surface area contributed by atoms with E-state index in [1.807, 2.05) is 0 Å². The number of hydrogen-bond donors (Lipinski definition) is 1. The van der Waals surface area contributed by atoms with Crippen LogP contribution in [0, 0.1) is 0 Å². The van der Waals surface area contributed by atoms with Crippen molar-refractivity contribution in [3.63, 3.8) is 0 Å². The van der Waals surface area contributed by atoms with Gasteiger partial charge in [0, 0.05) is 17.3 Å². The molecule has 0 aliphatic heterocycles. The van der Waals surface area contributed by atoms with E-state index < -0.39 is 5.97 Å². The topological polar surface area (TPSA) is 63.6 Å². The number of carbonyl (C=O) groups is 2. The number of rotatable bonds is 6. The monoisotopic (exact) mass is 314 g/mol. The molecule has 0 saturated heterocycles. The van der Waals surface area contributed by atoms with Crippen LogP contribution >= 0.6 is 15.9 Å². The molecule has 0 amide bonds. The van der Waals surface area contributed by atoms with E-state index in [-0.39, 0.29) is 19.0 Å². The van der Waals surface area contributed by atoms with Gasteiger partial charge in [0.25, 0.3) is 0 Å². The molecule has 1 rings (SSSR count). The van der Waals surface area contributed by atoms with E-state index in [9.17, 15) is 9.59 Å². The Labute approximate surface area is 114 Å². The number of aliphatic hydroxyl groups excluding tert-OH is 1. The molecule has 1 aromatic carbocycles. The zero-order chi connectivity index (χ0) is 13.5. The molecule has 0 radical (unpaired) electrons. The first-order valence-electron chi connectivity index (χ1n) is 5.63. The molecule has 0 atom stereocenters. The molecule has 1 aromatic rings. The quantitative estimate of drug-likeness (QED) is 0.497. The Balaban J connectivity index is 3.08. The summed E-state index contributed by atoms with van der Waals surface area (Å²) in [4.78, 5) is 23.4. The van der Waals surface area contributed by atoms with Gasteiger partial charge >= 0.3 is 5.97 Å². The van der Waals surface area contributed by atoms with Crippen LogP contribution in [0.5, 0.6) is 0 Å². The number of halogens is 1. The highest BCUT2D eigenvalue weighted by molar-refractivity contribution is 9.09. The molecule has 0 bridgehead atoms. The molecular formula is C13H15BrO4. The highest BCUT2D eigenvalue weighted by atomic mass is 79.9. The Morgan fingerprint density at radius 1 is 1.28 bits per heavy atom. The van der Waals surface area contributed by atoms with Crippen LogP contribution < -0.4 is 0 Å². The fourth-order valence-electron chi connectivity index (χ4n) is 1.51. The van der Waals surface area contributed by atoms with Crippen LogP contribution in [-0.4, -0.2) is 28.8 Å². The van der Waals surface area contributed by atoms with Gasteiger partial charge in [0.15, 0.2) is 5.78 Å². The first kappa shape index (κ1) is 14.9. The second-order valence-electron chi connectivity index (χ2n) is 3.66. The van der Waals surface area contributed by atoms with E-state index in [1.54, 1.807) is 13.0 Å². The third kappa shape index (κ3) is 3.92. The molecule has 0 fully saturated rings. The molecule has 18 heavy (non-hydrogen) atoms. The van der Waals surface area contributed by atoms with Crippen molar-refractivity contribution in [2.24, 2.45) is 0 Å². The lowest BCUT2D eigenvalue weighted by molar-refractivity contribution is 0.0526. The van der Waals surface area contributed by atoms with E-state index in [1.165, 1.54) is 12.1 Å². The Bertz CT molecular complexity index is 406. The minimum atomic E-state index is -0.485. The van der Waals surface area contributed by atoms with Crippen LogP contribution in [0.4, 0.5) is 0 Å². The number of ketones is 1. The van der Waals surface area contributed by atoms with Crippen LogP contribution in [0.15, 0.2) is 18.2 Å². The third-order valence-electron chi connectivity index (χ3n) is 2.33. The van der Waals surface area contributed by atoms with Gasteiger partial charge in [-0.2, -0.15) is 0 Å². The molecule has 0 heterocycles. The van der Waals surface area contributed by atoms with Crippen molar-refractivity contribution >= 4 is 27.7 Å². The number of benzene rings is 1. The van der Waals surface area contributed by atoms with Crippen molar-refractivity contribution in [3.05, 3.63) is 34.9 Å². The summed E-state index contributed by atoms with van der Waals surface area (Å²) in [6.07, 6.45) is 0.344. The lowest BCUT2D eigenvalue weighted by atomic mass is 10.0. The van der Waals surface area contributed by atoms with Crippen molar-refractivity contribution in [2.45, 2.75) is 20.0 Å². The number of ether oxygens (including phenoxy) is 1. The maximum Gasteiger partial charge on any atom is 0.338 e. The van der Waals surface area contributed by atoms with Crippen LogP contribution in [0.25, 0.3) is 0 Å². The molecule has 0 aliphatic carbocycles. The minimum absolute atomic E-state index is 0.0762. The summed E-state index contributed by atoms with van der Waals surface area (Å²) in [7, 11) is 0. The Morgan fingerprint density at radius 2 is 1.94 bits per heavy atom. The van der Waals surface area contributed by atoms with Crippen molar-refractivity contribution in [1.82, 2.24) is 0 Å². The maximum absolute atomic E-state index is 11.8. The highest BCUT2D eigenvalue weighted by Gasteiger charge is 2.13. The van der Waals surface area contributed by atoms with E-state index in [2.05, 4.69) is 15.9 Å². The fourth-order valence-corrected chi connectivity index (χ4v) is 1.87. The molecule has 1 N–H and O–H groups in total. The second kappa shape index (κ2) is 7.28. The number of Topliss-reactive ketones (excluding diaryl/α,β-unsaturated/α-hetero) is 1. The molecule has 4 nitrogen and oxygen atoms in total. The Kier molecular flexibility index (Phi) is 6.01. The highest BCUT2D eigenvalue weighted by Crippen LogP contribution is 2.14. The van der Waals surface area contributed by atoms with Crippen molar-refractivity contribution < 1.29 is 19.4 Å². The van der Waals surface area contributed by atoms with Crippen molar-refractivity contribution in [1.29, 1.82) is 0 Å². The van der Waals surface area contributed by atoms with Gasteiger partial charge in [0.1, 0.15) is 0 Å². The van der Waals surface area contributed by atoms with E-state index in [4.69, 9.17) is 9.84 Å². The first-order valence-corrected chi connectivity index (χ1v) is 6.75. The zero-order valence-corrected chi connectivity index (χ0v) is 11.7. The normalized spacial score (nSPS) is 10.2. The lowest BCUT2D eigenvalue weighted by Gasteiger charge is -2.07. The summed E-state index contributed by atoms with van der Waals surface area (Å²) in [5.74, 6) is -0.562. The van der Waals surface area contributed by atoms with Gasteiger partial charge in [0.05, 0.1) is 18.8 Å². The Hall–Kier alpha value is -1.20. The van der Waals surface area contributed by atoms with Crippen LogP contribution in [0.1, 0.15) is 39.6 Å². The largest absolute Gasteiger partial charge is 0.462 e. The molecule has 0 saturated carbocycles. The molecule has 0 aliphatic rings. The van der Waals surface area contributed by atoms with Gasteiger partial charge < -0.3 is 9.84 Å². The van der Waals surface area contributed by atoms with Crippen molar-refractivity contribution in [3.8, 4) is 0 Å². The molecule has 0 aromatic heterocycles. The summed E-state index contributed by atoms with van der Waals surface area (Å²) < 4.78 is 4.88. The number of aliphatic hydroxyl groups is 1. The van der Waals surface area contributed by atoms with Crippen LogP contribution in [0.3, 0.4) is 0 Å². The van der Waals surface area contributed by atoms with Gasteiger partial charge in [-0.15, -0.1) is 0 Å². The number of esters is 1. The lowest BCUT2D eigenvalue weighted by Crippen LogP contribution is -2.08. The minimum Gasteiger partial charge on any atom is -0.462 e. The number of carbonyl (C=O) groups excluding carboxylic acids is 2. The maximum atomic E-state index is 11.8. The summed E-state index contributed by atoms with van der Waals surface area (Å²) in [6.45, 7) is 1.76. The van der Waals surface area contributed by atoms with Crippen LogP contribution in [-0.2, 0) is 11.3 Å². The summed E-state index contributed by atoms with van der Waals surface area (Å²) in [5.41, 5.74) is 1.24. The SMILES string of the molecule is CCOC(=O)c1cc(CO)cc(C(=O)CCBr)c1. The average molecular weight is 315 g/mol. The second-order valence-corrected chi connectivity index (χ2v) is 4.45. The van der Waals surface area contributed by atoms with E-state index >= 15 is 0 Å². The molecule has 5 heteroatoms. The predicted octanol–water partition coefficient (Wildman–Crippen LogP) is 2.32. The smallest absolute Gasteiger partial charge is 0.338 e. The van der Waals surface area contributed by atoms with Crippen molar-refractivity contribution in [2.75, 3.05) is 11.9 Å².